The first-order chi connectivity index (χ1) is 8.22. The third-order valence-corrected chi connectivity index (χ3v) is 4.49. The first-order valence-electron chi connectivity index (χ1n) is 5.74. The number of nitrogens with one attached hydrogen (secondary N) is 1. The van der Waals surface area contributed by atoms with Gasteiger partial charge in [0.05, 0.1) is 4.70 Å². The van der Waals surface area contributed by atoms with Gasteiger partial charge in [0.25, 0.3) is 0 Å². The van der Waals surface area contributed by atoms with Crippen LogP contribution in [0.1, 0.15) is 25.7 Å². The second-order valence-corrected chi connectivity index (χ2v) is 6.33. The Hall–Kier alpha value is -0.680. The lowest BCUT2D eigenvalue weighted by Gasteiger charge is -2.09. The van der Waals surface area contributed by atoms with Crippen LogP contribution in [-0.2, 0) is 0 Å². The average Bonchev–Trinajstić information content (AvgIpc) is 2.87. The zero-order valence-corrected chi connectivity index (χ0v) is 11.6. The highest BCUT2D eigenvalue weighted by atomic mass is 79.9. The van der Waals surface area contributed by atoms with Gasteiger partial charge in [-0.1, -0.05) is 40.1 Å². The van der Waals surface area contributed by atoms with Crippen molar-refractivity contribution in [1.82, 2.24) is 4.98 Å². The maximum atomic E-state index is 13.7. The van der Waals surface area contributed by atoms with E-state index in [0.29, 0.717) is 11.6 Å². The first kappa shape index (κ1) is 11.4. The molecule has 3 rings (SSSR count). The van der Waals surface area contributed by atoms with Gasteiger partial charge in [-0.2, -0.15) is 0 Å². The molecule has 1 aromatic heterocycles. The van der Waals surface area contributed by atoms with Crippen LogP contribution in [-0.4, -0.2) is 11.0 Å². The molecule has 2 nitrogen and oxygen atoms in total. The van der Waals surface area contributed by atoms with E-state index < -0.39 is 0 Å². The summed E-state index contributed by atoms with van der Waals surface area (Å²) in [6.07, 6.45) is 4.95. The number of fused-ring (bicyclic) bond motifs is 1. The molecule has 0 bridgehead atoms. The molecule has 1 heterocycles. The van der Waals surface area contributed by atoms with Crippen LogP contribution in [0.5, 0.6) is 0 Å². The molecule has 0 radical (unpaired) electrons. The van der Waals surface area contributed by atoms with Crippen LogP contribution in [0.4, 0.5) is 9.52 Å². The maximum absolute atomic E-state index is 13.7. The topological polar surface area (TPSA) is 24.9 Å². The normalized spacial score (nSPS) is 16.8. The van der Waals surface area contributed by atoms with Gasteiger partial charge in [0.2, 0.25) is 0 Å². The summed E-state index contributed by atoms with van der Waals surface area (Å²) in [5, 5.41) is 4.24. The number of hydrogen-bond acceptors (Lipinski definition) is 3. The molecular weight excluding hydrogens is 303 g/mol. The molecule has 0 atom stereocenters. The molecule has 0 spiro atoms. The highest BCUT2D eigenvalue weighted by Gasteiger charge is 2.17. The fraction of sp³-hybridized carbons (Fsp3) is 0.417. The van der Waals surface area contributed by atoms with Crippen molar-refractivity contribution in [3.63, 3.8) is 0 Å². The molecule has 0 amide bonds. The smallest absolute Gasteiger partial charge is 0.184 e. The monoisotopic (exact) mass is 314 g/mol. The minimum atomic E-state index is -0.259. The number of hydrogen-bond donors (Lipinski definition) is 1. The van der Waals surface area contributed by atoms with Gasteiger partial charge in [-0.05, 0) is 25.0 Å². The third kappa shape index (κ3) is 2.31. The Balaban J connectivity index is 1.93. The van der Waals surface area contributed by atoms with E-state index >= 15 is 0 Å². The molecule has 2 aromatic rings. The second kappa shape index (κ2) is 4.53. The van der Waals surface area contributed by atoms with Crippen molar-refractivity contribution in [2.24, 2.45) is 0 Å². The number of rotatable bonds is 2. The van der Waals surface area contributed by atoms with Crippen LogP contribution in [0.15, 0.2) is 16.6 Å². The van der Waals surface area contributed by atoms with E-state index in [1.54, 1.807) is 0 Å². The zero-order chi connectivity index (χ0) is 11.8. The number of benzene rings is 1. The fourth-order valence-electron chi connectivity index (χ4n) is 2.26. The quantitative estimate of drug-likeness (QED) is 0.879. The van der Waals surface area contributed by atoms with E-state index in [2.05, 4.69) is 26.2 Å². The van der Waals surface area contributed by atoms with Crippen molar-refractivity contribution in [2.75, 3.05) is 5.32 Å². The van der Waals surface area contributed by atoms with Gasteiger partial charge in [-0.15, -0.1) is 0 Å². The average molecular weight is 315 g/mol. The van der Waals surface area contributed by atoms with Crippen molar-refractivity contribution in [3.05, 3.63) is 22.4 Å². The Bertz CT molecular complexity index is 549. The van der Waals surface area contributed by atoms with Gasteiger partial charge in [0, 0.05) is 10.5 Å². The number of halogens is 2. The maximum Gasteiger partial charge on any atom is 0.184 e. The van der Waals surface area contributed by atoms with Gasteiger partial charge >= 0.3 is 0 Å². The Labute approximate surface area is 111 Å². The summed E-state index contributed by atoms with van der Waals surface area (Å²) in [4.78, 5) is 4.33. The lowest BCUT2D eigenvalue weighted by molar-refractivity contribution is 0.636. The molecule has 1 fully saturated rings. The van der Waals surface area contributed by atoms with Crippen LogP contribution in [0.25, 0.3) is 10.2 Å². The van der Waals surface area contributed by atoms with Gasteiger partial charge in [-0.25, -0.2) is 9.37 Å². The molecule has 1 aliphatic carbocycles. The Kier molecular flexibility index (Phi) is 3.04. The first-order valence-corrected chi connectivity index (χ1v) is 7.35. The summed E-state index contributed by atoms with van der Waals surface area (Å²) in [6, 6.07) is 3.89. The largest absolute Gasteiger partial charge is 0.359 e. The number of anilines is 1. The van der Waals surface area contributed by atoms with Crippen LogP contribution in [0, 0.1) is 5.82 Å². The van der Waals surface area contributed by atoms with Crippen molar-refractivity contribution >= 4 is 42.6 Å². The molecule has 1 aromatic carbocycles. The number of nitrogens with zero attached hydrogens (tertiary/aromatic N) is 1. The Morgan fingerprint density at radius 1 is 1.35 bits per heavy atom. The predicted octanol–water partition coefficient (Wildman–Crippen LogP) is 4.55. The molecule has 1 N–H and O–H groups in total. The van der Waals surface area contributed by atoms with Crippen LogP contribution < -0.4 is 5.32 Å². The number of thiazole rings is 1. The predicted molar refractivity (Wildman–Crippen MR) is 73.2 cm³/mol. The van der Waals surface area contributed by atoms with E-state index in [9.17, 15) is 4.39 Å². The van der Waals surface area contributed by atoms with Gasteiger partial charge in [0.15, 0.2) is 10.9 Å². The summed E-state index contributed by atoms with van der Waals surface area (Å²) in [6.45, 7) is 0. The molecule has 5 heteroatoms. The van der Waals surface area contributed by atoms with Crippen molar-refractivity contribution in [2.45, 2.75) is 31.7 Å². The SMILES string of the molecule is Fc1cc(Br)cc2sc(NC3CCCC3)nc12. The van der Waals surface area contributed by atoms with Crippen molar-refractivity contribution in [1.29, 1.82) is 0 Å². The molecule has 0 unspecified atom stereocenters. The van der Waals surface area contributed by atoms with E-state index in [0.717, 1.165) is 14.3 Å². The molecule has 17 heavy (non-hydrogen) atoms. The van der Waals surface area contributed by atoms with Gasteiger partial charge in [-0.3, -0.25) is 0 Å². The molecule has 0 aliphatic heterocycles. The molecule has 0 saturated heterocycles. The molecule has 90 valence electrons. The number of aromatic nitrogens is 1. The minimum Gasteiger partial charge on any atom is -0.359 e. The Morgan fingerprint density at radius 3 is 2.88 bits per heavy atom. The van der Waals surface area contributed by atoms with Gasteiger partial charge < -0.3 is 5.32 Å². The molecule has 1 saturated carbocycles. The summed E-state index contributed by atoms with van der Waals surface area (Å²) < 4.78 is 15.3. The summed E-state index contributed by atoms with van der Waals surface area (Å²) in [5.41, 5.74) is 0.471. The summed E-state index contributed by atoms with van der Waals surface area (Å²) in [7, 11) is 0. The zero-order valence-electron chi connectivity index (χ0n) is 9.17. The fourth-order valence-corrected chi connectivity index (χ4v) is 3.84. The highest BCUT2D eigenvalue weighted by Crippen LogP contribution is 2.32. The highest BCUT2D eigenvalue weighted by molar-refractivity contribution is 9.10. The standard InChI is InChI=1S/C12H12BrFN2S/c13-7-5-9(14)11-10(6-7)17-12(16-11)15-8-3-1-2-4-8/h5-6,8H,1-4H2,(H,15,16). The van der Waals surface area contributed by atoms with E-state index in [4.69, 9.17) is 0 Å². The van der Waals surface area contributed by atoms with E-state index in [1.165, 1.54) is 43.1 Å². The summed E-state index contributed by atoms with van der Waals surface area (Å²) in [5.74, 6) is -0.259. The van der Waals surface area contributed by atoms with Crippen LogP contribution in [0.3, 0.4) is 0 Å². The van der Waals surface area contributed by atoms with Crippen LogP contribution in [0.2, 0.25) is 0 Å². The van der Waals surface area contributed by atoms with Crippen molar-refractivity contribution < 1.29 is 4.39 Å². The van der Waals surface area contributed by atoms with Crippen molar-refractivity contribution in [3.8, 4) is 0 Å². The second-order valence-electron chi connectivity index (χ2n) is 4.38. The van der Waals surface area contributed by atoms with Gasteiger partial charge in [0.1, 0.15) is 5.52 Å². The van der Waals surface area contributed by atoms with E-state index in [-0.39, 0.29) is 5.82 Å². The van der Waals surface area contributed by atoms with Crippen LogP contribution >= 0.6 is 27.3 Å². The van der Waals surface area contributed by atoms with E-state index in [1.807, 2.05) is 6.07 Å². The summed E-state index contributed by atoms with van der Waals surface area (Å²) >= 11 is 4.82. The third-order valence-electron chi connectivity index (χ3n) is 3.10. The molecular formula is C12H12BrFN2S. The molecule has 1 aliphatic rings. The minimum absolute atomic E-state index is 0.259. The Morgan fingerprint density at radius 2 is 2.12 bits per heavy atom. The lowest BCUT2D eigenvalue weighted by atomic mass is 10.3. The lowest BCUT2D eigenvalue weighted by Crippen LogP contribution is -2.13.